The Bertz CT molecular complexity index is 1270. The topological polar surface area (TPSA) is 92.6 Å². The van der Waals surface area contributed by atoms with E-state index in [0.29, 0.717) is 29.7 Å². The van der Waals surface area contributed by atoms with Crippen molar-refractivity contribution < 1.29 is 27.5 Å². The van der Waals surface area contributed by atoms with Crippen LogP contribution < -0.4 is 10.1 Å². The van der Waals surface area contributed by atoms with Crippen molar-refractivity contribution in [3.63, 3.8) is 0 Å². The third-order valence-electron chi connectivity index (χ3n) is 5.98. The van der Waals surface area contributed by atoms with Gasteiger partial charge < -0.3 is 19.9 Å². The average Bonchev–Trinajstić information content (AvgIpc) is 3.12. The number of piperazine rings is 1. The van der Waals surface area contributed by atoms with Crippen LogP contribution in [-0.4, -0.2) is 76.7 Å². The summed E-state index contributed by atoms with van der Waals surface area (Å²) in [5.74, 6) is -0.581. The van der Waals surface area contributed by atoms with Gasteiger partial charge in [-0.15, -0.1) is 0 Å². The minimum Gasteiger partial charge on any atom is -0.494 e. The van der Waals surface area contributed by atoms with Crippen molar-refractivity contribution in [2.45, 2.75) is 19.6 Å². The van der Waals surface area contributed by atoms with E-state index in [1.54, 1.807) is 28.6 Å². The summed E-state index contributed by atoms with van der Waals surface area (Å²) in [6, 6.07) is 6.34. The van der Waals surface area contributed by atoms with Gasteiger partial charge >= 0.3 is 6.18 Å². The number of nitrogens with one attached hydrogen (secondary N) is 1. The number of alkyl halides is 3. The van der Waals surface area contributed by atoms with Gasteiger partial charge in [-0.25, -0.2) is 4.98 Å². The standard InChI is InChI=1S/C23H25F3N6O3/c1-14-15-11-18(28-22(34)16-5-4-6-20(27-16)23(24,25)26)19(35-3)12-17(15)29-32(14)13-21(33)31-9-7-30(2)8-10-31/h4-6,11-12H,7-10,13H2,1-3H3,(H,28,34). The number of nitrogens with zero attached hydrogens (tertiary/aromatic N) is 5. The molecule has 2 amide bonds. The van der Waals surface area contributed by atoms with Crippen molar-refractivity contribution >= 4 is 28.4 Å². The molecular formula is C23H25F3N6O3. The second-order valence-electron chi connectivity index (χ2n) is 8.36. The highest BCUT2D eigenvalue weighted by Crippen LogP contribution is 2.32. The Hall–Kier alpha value is -3.67. The number of hydrogen-bond donors (Lipinski definition) is 1. The van der Waals surface area contributed by atoms with Crippen LogP contribution in [0.15, 0.2) is 30.3 Å². The SMILES string of the molecule is COc1cc2nn(CC(=O)N3CCN(C)CC3)c(C)c2cc1NC(=O)c1cccc(C(F)(F)F)n1. The van der Waals surface area contributed by atoms with Crippen molar-refractivity contribution in [1.29, 1.82) is 0 Å². The molecule has 2 aromatic heterocycles. The molecule has 3 heterocycles. The summed E-state index contributed by atoms with van der Waals surface area (Å²) in [5.41, 5.74) is -0.0299. The van der Waals surface area contributed by atoms with Crippen LogP contribution >= 0.6 is 0 Å². The molecular weight excluding hydrogens is 465 g/mol. The second-order valence-corrected chi connectivity index (χ2v) is 8.36. The lowest BCUT2D eigenvalue weighted by atomic mass is 10.1. The van der Waals surface area contributed by atoms with Crippen molar-refractivity contribution in [3.05, 3.63) is 47.4 Å². The minimum absolute atomic E-state index is 0.0369. The van der Waals surface area contributed by atoms with Crippen LogP contribution in [0.4, 0.5) is 18.9 Å². The summed E-state index contributed by atoms with van der Waals surface area (Å²) in [7, 11) is 3.42. The number of ether oxygens (including phenoxy) is 1. The number of anilines is 1. The van der Waals surface area contributed by atoms with E-state index in [-0.39, 0.29) is 29.6 Å². The Kier molecular flexibility index (Phi) is 6.66. The van der Waals surface area contributed by atoms with E-state index >= 15 is 0 Å². The molecule has 1 aliphatic heterocycles. The summed E-state index contributed by atoms with van der Waals surface area (Å²) < 4.78 is 45.9. The Morgan fingerprint density at radius 2 is 1.86 bits per heavy atom. The van der Waals surface area contributed by atoms with E-state index in [2.05, 4.69) is 20.3 Å². The first-order valence-corrected chi connectivity index (χ1v) is 10.9. The van der Waals surface area contributed by atoms with Gasteiger partial charge in [0.05, 0.1) is 18.3 Å². The molecule has 3 aromatic rings. The Labute approximate surface area is 199 Å². The lowest BCUT2D eigenvalue weighted by molar-refractivity contribution is -0.141. The molecule has 1 aromatic carbocycles. The third kappa shape index (κ3) is 5.21. The monoisotopic (exact) mass is 490 g/mol. The smallest absolute Gasteiger partial charge is 0.433 e. The van der Waals surface area contributed by atoms with E-state index < -0.39 is 17.8 Å². The second kappa shape index (κ2) is 9.53. The number of aromatic nitrogens is 3. The first kappa shape index (κ1) is 24.5. The Balaban J connectivity index is 1.58. The van der Waals surface area contributed by atoms with Crippen LogP contribution in [-0.2, 0) is 17.5 Å². The van der Waals surface area contributed by atoms with Gasteiger partial charge in [0.2, 0.25) is 5.91 Å². The molecule has 0 unspecified atom stereocenters. The molecule has 4 rings (SSSR count). The average molecular weight is 490 g/mol. The number of carbonyl (C=O) groups excluding carboxylic acids is 2. The molecule has 1 saturated heterocycles. The van der Waals surface area contributed by atoms with Crippen LogP contribution in [0.25, 0.3) is 10.9 Å². The number of fused-ring (bicyclic) bond motifs is 1. The van der Waals surface area contributed by atoms with E-state index in [1.165, 1.54) is 13.2 Å². The third-order valence-corrected chi connectivity index (χ3v) is 5.98. The first-order valence-electron chi connectivity index (χ1n) is 10.9. The minimum atomic E-state index is -4.67. The summed E-state index contributed by atoms with van der Waals surface area (Å²) >= 11 is 0. The number of aryl methyl sites for hydroxylation is 1. The molecule has 0 bridgehead atoms. The molecule has 35 heavy (non-hydrogen) atoms. The van der Waals surface area contributed by atoms with Crippen LogP contribution in [0.5, 0.6) is 5.75 Å². The number of carbonyl (C=O) groups is 2. The van der Waals surface area contributed by atoms with E-state index in [0.717, 1.165) is 25.2 Å². The van der Waals surface area contributed by atoms with Gasteiger partial charge in [-0.1, -0.05) is 6.07 Å². The number of hydrogen-bond acceptors (Lipinski definition) is 6. The molecule has 0 aliphatic carbocycles. The Morgan fingerprint density at radius 1 is 1.14 bits per heavy atom. The predicted octanol–water partition coefficient (Wildman–Crippen LogP) is 2.79. The van der Waals surface area contributed by atoms with Gasteiger partial charge in [-0.2, -0.15) is 18.3 Å². The zero-order valence-electron chi connectivity index (χ0n) is 19.5. The molecule has 0 radical (unpaired) electrons. The van der Waals surface area contributed by atoms with Gasteiger partial charge in [0.25, 0.3) is 5.91 Å². The molecule has 1 N–H and O–H groups in total. The maximum atomic E-state index is 13.0. The van der Waals surface area contributed by atoms with Gasteiger partial charge in [-0.3, -0.25) is 14.3 Å². The van der Waals surface area contributed by atoms with Crippen LogP contribution in [0, 0.1) is 6.92 Å². The molecule has 12 heteroatoms. The van der Waals surface area contributed by atoms with Crippen LogP contribution in [0.1, 0.15) is 21.9 Å². The fourth-order valence-corrected chi connectivity index (χ4v) is 3.90. The van der Waals surface area contributed by atoms with Crippen LogP contribution in [0.2, 0.25) is 0 Å². The van der Waals surface area contributed by atoms with Crippen molar-refractivity contribution in [1.82, 2.24) is 24.6 Å². The zero-order chi connectivity index (χ0) is 25.3. The largest absolute Gasteiger partial charge is 0.494 e. The molecule has 0 spiro atoms. The molecule has 1 aliphatic rings. The summed E-state index contributed by atoms with van der Waals surface area (Å²) in [6.07, 6.45) is -4.67. The highest BCUT2D eigenvalue weighted by Gasteiger charge is 2.33. The maximum Gasteiger partial charge on any atom is 0.433 e. The number of methoxy groups -OCH3 is 1. The van der Waals surface area contributed by atoms with E-state index in [9.17, 15) is 22.8 Å². The number of benzene rings is 1. The van der Waals surface area contributed by atoms with Crippen molar-refractivity contribution in [3.8, 4) is 5.75 Å². The zero-order valence-corrected chi connectivity index (χ0v) is 19.5. The number of pyridine rings is 1. The highest BCUT2D eigenvalue weighted by molar-refractivity contribution is 6.05. The van der Waals surface area contributed by atoms with Crippen LogP contribution in [0.3, 0.4) is 0 Å². The molecule has 0 atom stereocenters. The lowest BCUT2D eigenvalue weighted by Gasteiger charge is -2.32. The van der Waals surface area contributed by atoms with Gasteiger partial charge in [-0.05, 0) is 32.2 Å². The van der Waals surface area contributed by atoms with Crippen molar-refractivity contribution in [2.24, 2.45) is 0 Å². The summed E-state index contributed by atoms with van der Waals surface area (Å²) in [6.45, 7) is 4.81. The number of rotatable bonds is 5. The highest BCUT2D eigenvalue weighted by atomic mass is 19.4. The Morgan fingerprint density at radius 3 is 2.51 bits per heavy atom. The predicted molar refractivity (Wildman–Crippen MR) is 122 cm³/mol. The van der Waals surface area contributed by atoms with E-state index in [1.807, 2.05) is 7.05 Å². The van der Waals surface area contributed by atoms with Crippen molar-refractivity contribution in [2.75, 3.05) is 45.7 Å². The van der Waals surface area contributed by atoms with Gasteiger partial charge in [0.15, 0.2) is 0 Å². The number of likely N-dealkylation sites (N-methyl/N-ethyl adjacent to an activating group) is 1. The molecule has 0 saturated carbocycles. The summed E-state index contributed by atoms with van der Waals surface area (Å²) in [5, 5.41) is 7.76. The molecule has 9 nitrogen and oxygen atoms in total. The lowest BCUT2D eigenvalue weighted by Crippen LogP contribution is -2.48. The van der Waals surface area contributed by atoms with Gasteiger partial charge in [0.1, 0.15) is 23.7 Å². The maximum absolute atomic E-state index is 13.0. The molecule has 1 fully saturated rings. The normalized spacial score (nSPS) is 14.9. The van der Waals surface area contributed by atoms with Gasteiger partial charge in [0, 0.05) is 43.3 Å². The fraction of sp³-hybridized carbons (Fsp3) is 0.391. The number of amides is 2. The number of halogens is 3. The molecule has 186 valence electrons. The fourth-order valence-electron chi connectivity index (χ4n) is 3.90. The quantitative estimate of drug-likeness (QED) is 0.592. The van der Waals surface area contributed by atoms with E-state index in [4.69, 9.17) is 4.74 Å². The first-order chi connectivity index (χ1) is 16.6. The summed E-state index contributed by atoms with van der Waals surface area (Å²) in [4.78, 5) is 32.8.